The second-order valence-electron chi connectivity index (χ2n) is 9.14. The first kappa shape index (κ1) is 21.1. The van der Waals surface area contributed by atoms with E-state index in [9.17, 15) is 14.0 Å². The van der Waals surface area contributed by atoms with Gasteiger partial charge in [-0.15, -0.1) is 0 Å². The SMILES string of the molecule is O=C(CC1C=CCC1)N1CCCC1c1nc2c(c(=O)[nH]1)CCN(Cc1ccccc1F)C2. The first-order chi connectivity index (χ1) is 15.6. The topological polar surface area (TPSA) is 69.3 Å². The van der Waals surface area contributed by atoms with E-state index in [1.807, 2.05) is 11.0 Å². The van der Waals surface area contributed by atoms with E-state index in [0.29, 0.717) is 61.9 Å². The molecule has 0 saturated carbocycles. The number of nitrogens with zero attached hydrogens (tertiary/aromatic N) is 3. The summed E-state index contributed by atoms with van der Waals surface area (Å²) in [5, 5.41) is 0. The highest BCUT2D eigenvalue weighted by atomic mass is 19.1. The summed E-state index contributed by atoms with van der Waals surface area (Å²) in [4.78, 5) is 37.6. The molecule has 1 N–H and O–H groups in total. The fourth-order valence-electron chi connectivity index (χ4n) is 5.23. The van der Waals surface area contributed by atoms with E-state index in [0.717, 1.165) is 31.4 Å². The minimum Gasteiger partial charge on any atom is -0.332 e. The Morgan fingerprint density at radius 2 is 2.09 bits per heavy atom. The van der Waals surface area contributed by atoms with Gasteiger partial charge in [0.05, 0.1) is 11.7 Å². The molecule has 1 aromatic carbocycles. The molecular formula is C25H29FN4O2. The smallest absolute Gasteiger partial charge is 0.254 e. The molecule has 0 radical (unpaired) electrons. The number of allylic oxidation sites excluding steroid dienone is 2. The highest BCUT2D eigenvalue weighted by Gasteiger charge is 2.34. The summed E-state index contributed by atoms with van der Waals surface area (Å²) in [5.41, 5.74) is 2.01. The van der Waals surface area contributed by atoms with E-state index >= 15 is 0 Å². The van der Waals surface area contributed by atoms with Crippen LogP contribution in [-0.2, 0) is 24.3 Å². The second-order valence-corrected chi connectivity index (χ2v) is 9.14. The average Bonchev–Trinajstić information content (AvgIpc) is 3.47. The van der Waals surface area contributed by atoms with Gasteiger partial charge in [-0.05, 0) is 44.1 Å². The highest BCUT2D eigenvalue weighted by Crippen LogP contribution is 2.32. The van der Waals surface area contributed by atoms with E-state index in [4.69, 9.17) is 4.98 Å². The van der Waals surface area contributed by atoms with Gasteiger partial charge in [0.2, 0.25) is 5.91 Å². The second kappa shape index (κ2) is 8.98. The van der Waals surface area contributed by atoms with Crippen LogP contribution in [0.4, 0.5) is 4.39 Å². The first-order valence-corrected chi connectivity index (χ1v) is 11.6. The molecule has 6 nitrogen and oxygen atoms in total. The third kappa shape index (κ3) is 4.26. The molecule has 2 atom stereocenters. The molecule has 2 unspecified atom stereocenters. The summed E-state index contributed by atoms with van der Waals surface area (Å²) in [6.45, 7) is 2.39. The van der Waals surface area contributed by atoms with Crippen LogP contribution in [0.5, 0.6) is 0 Å². The van der Waals surface area contributed by atoms with Crippen LogP contribution in [0.25, 0.3) is 0 Å². The Hall–Kier alpha value is -2.80. The van der Waals surface area contributed by atoms with Crippen LogP contribution < -0.4 is 5.56 Å². The Morgan fingerprint density at radius 1 is 1.22 bits per heavy atom. The van der Waals surface area contributed by atoms with Crippen molar-refractivity contribution in [1.82, 2.24) is 19.8 Å². The van der Waals surface area contributed by atoms with Gasteiger partial charge in [0.1, 0.15) is 11.6 Å². The number of hydrogen-bond donors (Lipinski definition) is 1. The van der Waals surface area contributed by atoms with Crippen molar-refractivity contribution < 1.29 is 9.18 Å². The number of fused-ring (bicyclic) bond motifs is 1. The van der Waals surface area contributed by atoms with Gasteiger partial charge in [0.25, 0.3) is 5.56 Å². The number of benzene rings is 1. The molecular weight excluding hydrogens is 407 g/mol. The molecule has 3 heterocycles. The molecule has 5 rings (SSSR count). The predicted octanol–water partition coefficient (Wildman–Crippen LogP) is 3.49. The van der Waals surface area contributed by atoms with Crippen molar-refractivity contribution in [2.24, 2.45) is 5.92 Å². The zero-order chi connectivity index (χ0) is 22.1. The van der Waals surface area contributed by atoms with Crippen LogP contribution >= 0.6 is 0 Å². The van der Waals surface area contributed by atoms with E-state index < -0.39 is 0 Å². The molecule has 1 fully saturated rings. The quantitative estimate of drug-likeness (QED) is 0.729. The van der Waals surface area contributed by atoms with Gasteiger partial charge in [0, 0.05) is 43.7 Å². The first-order valence-electron chi connectivity index (χ1n) is 11.6. The zero-order valence-electron chi connectivity index (χ0n) is 18.2. The van der Waals surface area contributed by atoms with Gasteiger partial charge in [-0.25, -0.2) is 9.37 Å². The van der Waals surface area contributed by atoms with Crippen LogP contribution in [0.2, 0.25) is 0 Å². The lowest BCUT2D eigenvalue weighted by atomic mass is 10.0. The maximum atomic E-state index is 14.1. The summed E-state index contributed by atoms with van der Waals surface area (Å²) < 4.78 is 14.1. The van der Waals surface area contributed by atoms with Crippen molar-refractivity contribution in [1.29, 1.82) is 0 Å². The van der Waals surface area contributed by atoms with Gasteiger partial charge in [-0.2, -0.15) is 0 Å². The van der Waals surface area contributed by atoms with Gasteiger partial charge in [0.15, 0.2) is 0 Å². The number of likely N-dealkylation sites (tertiary alicyclic amines) is 1. The molecule has 1 aliphatic carbocycles. The lowest BCUT2D eigenvalue weighted by Gasteiger charge is -2.29. The molecule has 32 heavy (non-hydrogen) atoms. The minimum atomic E-state index is -0.213. The number of carbonyl (C=O) groups excluding carboxylic acids is 1. The van der Waals surface area contributed by atoms with Crippen LogP contribution in [0, 0.1) is 11.7 Å². The Labute approximate surface area is 187 Å². The van der Waals surface area contributed by atoms with Crippen molar-refractivity contribution in [3.63, 3.8) is 0 Å². The van der Waals surface area contributed by atoms with Gasteiger partial charge in [-0.1, -0.05) is 30.4 Å². The van der Waals surface area contributed by atoms with Crippen LogP contribution in [-0.4, -0.2) is 38.8 Å². The number of aromatic amines is 1. The third-order valence-electron chi connectivity index (χ3n) is 6.96. The number of aromatic nitrogens is 2. The summed E-state index contributed by atoms with van der Waals surface area (Å²) in [7, 11) is 0. The maximum Gasteiger partial charge on any atom is 0.254 e. The molecule has 1 saturated heterocycles. The Morgan fingerprint density at radius 3 is 2.91 bits per heavy atom. The number of hydrogen-bond acceptors (Lipinski definition) is 4. The molecule has 1 aromatic heterocycles. The van der Waals surface area contributed by atoms with Crippen LogP contribution in [0.15, 0.2) is 41.2 Å². The summed E-state index contributed by atoms with van der Waals surface area (Å²) >= 11 is 0. The molecule has 2 aromatic rings. The molecule has 3 aliphatic rings. The van der Waals surface area contributed by atoms with Crippen LogP contribution in [0.3, 0.4) is 0 Å². The Balaban J connectivity index is 1.34. The molecule has 168 valence electrons. The molecule has 1 amide bonds. The zero-order valence-corrected chi connectivity index (χ0v) is 18.2. The highest BCUT2D eigenvalue weighted by molar-refractivity contribution is 5.77. The number of amides is 1. The predicted molar refractivity (Wildman–Crippen MR) is 119 cm³/mol. The maximum absolute atomic E-state index is 14.1. The molecule has 2 aliphatic heterocycles. The number of halogens is 1. The fourth-order valence-corrected chi connectivity index (χ4v) is 5.23. The van der Waals surface area contributed by atoms with Crippen molar-refractivity contribution in [2.75, 3.05) is 13.1 Å². The van der Waals surface area contributed by atoms with Gasteiger partial charge < -0.3 is 9.88 Å². The number of H-pyrrole nitrogens is 1. The molecule has 7 heteroatoms. The fraction of sp³-hybridized carbons (Fsp3) is 0.480. The number of nitrogens with one attached hydrogen (secondary N) is 1. The van der Waals surface area contributed by atoms with Crippen LogP contribution in [0.1, 0.15) is 60.8 Å². The lowest BCUT2D eigenvalue weighted by molar-refractivity contribution is -0.133. The monoisotopic (exact) mass is 436 g/mol. The Bertz CT molecular complexity index is 1100. The van der Waals surface area contributed by atoms with E-state index in [-0.39, 0.29) is 23.3 Å². The summed E-state index contributed by atoms with van der Waals surface area (Å²) in [6, 6.07) is 6.62. The van der Waals surface area contributed by atoms with E-state index in [1.54, 1.807) is 12.1 Å². The van der Waals surface area contributed by atoms with Crippen molar-refractivity contribution in [2.45, 2.75) is 57.7 Å². The van der Waals surface area contributed by atoms with Crippen molar-refractivity contribution in [3.8, 4) is 0 Å². The minimum absolute atomic E-state index is 0.103. The lowest BCUT2D eigenvalue weighted by Crippen LogP contribution is -2.37. The standard InChI is InChI=1S/C25H29FN4O2/c26-20-9-4-3-8-18(20)15-29-13-11-19-21(16-29)27-24(28-25(19)32)22-10-5-12-30(22)23(31)14-17-6-1-2-7-17/h1,3-4,6,8-9,17,22H,2,5,7,10-16H2,(H,27,28,32). The largest absolute Gasteiger partial charge is 0.332 e. The Kier molecular flexibility index (Phi) is 5.91. The molecule has 0 bridgehead atoms. The van der Waals surface area contributed by atoms with E-state index in [1.165, 1.54) is 6.07 Å². The molecule has 0 spiro atoms. The average molecular weight is 437 g/mol. The van der Waals surface area contributed by atoms with Gasteiger partial charge >= 0.3 is 0 Å². The van der Waals surface area contributed by atoms with Gasteiger partial charge in [-0.3, -0.25) is 14.5 Å². The number of carbonyl (C=O) groups is 1. The summed E-state index contributed by atoms with van der Waals surface area (Å²) in [5.74, 6) is 0.848. The van der Waals surface area contributed by atoms with Crippen molar-refractivity contribution in [3.05, 3.63) is 75.2 Å². The van der Waals surface area contributed by atoms with Crippen molar-refractivity contribution >= 4 is 5.91 Å². The summed E-state index contributed by atoms with van der Waals surface area (Å²) in [6.07, 6.45) is 9.22. The normalized spacial score (nSPS) is 23.0. The number of rotatable bonds is 5. The van der Waals surface area contributed by atoms with E-state index in [2.05, 4.69) is 22.0 Å². The third-order valence-corrected chi connectivity index (χ3v) is 6.96.